The van der Waals surface area contributed by atoms with Crippen molar-refractivity contribution in [2.75, 3.05) is 4.72 Å². The van der Waals surface area contributed by atoms with Gasteiger partial charge in [-0.25, -0.2) is 8.42 Å². The fraction of sp³-hybridized carbons (Fsp3) is 0.333. The smallest absolute Gasteiger partial charge is 0.267 e. The first-order chi connectivity index (χ1) is 8.42. The number of aryl methyl sites for hydroxylation is 2. The quantitative estimate of drug-likeness (QED) is 0.868. The average Bonchev–Trinajstić information content (AvgIpc) is 2.84. The monoisotopic (exact) mass is 288 g/mol. The van der Waals surface area contributed by atoms with Crippen LogP contribution in [-0.2, 0) is 16.6 Å². The summed E-state index contributed by atoms with van der Waals surface area (Å²) in [7, 11) is -3.71. The minimum absolute atomic E-state index is 0.0656. The van der Waals surface area contributed by atoms with Gasteiger partial charge in [-0.2, -0.15) is 0 Å². The molecule has 2 heterocycles. The maximum atomic E-state index is 12.1. The van der Waals surface area contributed by atoms with E-state index >= 15 is 0 Å². The van der Waals surface area contributed by atoms with Crippen molar-refractivity contribution in [1.29, 1.82) is 0 Å². The Morgan fingerprint density at radius 2 is 2.17 bits per heavy atom. The Balaban J connectivity index is 2.33. The van der Waals surface area contributed by atoms with Crippen LogP contribution >= 0.6 is 11.3 Å². The van der Waals surface area contributed by atoms with Crippen LogP contribution in [0.1, 0.15) is 16.5 Å². The lowest BCUT2D eigenvalue weighted by molar-refractivity contribution is 0.479. The molecule has 0 saturated carbocycles. The van der Waals surface area contributed by atoms with E-state index in [4.69, 9.17) is 10.2 Å². The number of nitrogens with zero attached hydrogens (tertiary/aromatic N) is 2. The van der Waals surface area contributed by atoms with E-state index < -0.39 is 10.0 Å². The minimum atomic E-state index is -3.71. The summed E-state index contributed by atoms with van der Waals surface area (Å²) in [6.07, 6.45) is 0. The lowest BCUT2D eigenvalue weighted by atomic mass is 10.4. The predicted molar refractivity (Wildman–Crippen MR) is 66.8 cm³/mol. The highest BCUT2D eigenvalue weighted by atomic mass is 32.2. The normalized spacial score (nSPS) is 11.7. The highest BCUT2D eigenvalue weighted by Crippen LogP contribution is 2.23. The number of sulfonamides is 1. The zero-order chi connectivity index (χ0) is 13.3. The van der Waals surface area contributed by atoms with Crippen LogP contribution in [-0.4, -0.2) is 18.6 Å². The van der Waals surface area contributed by atoms with Gasteiger partial charge < -0.3 is 10.2 Å². The van der Waals surface area contributed by atoms with E-state index in [1.54, 1.807) is 13.8 Å². The summed E-state index contributed by atoms with van der Waals surface area (Å²) in [4.78, 5) is 0.0656. The molecule has 9 heteroatoms. The summed E-state index contributed by atoms with van der Waals surface area (Å²) in [5, 5.41) is 8.35. The van der Waals surface area contributed by atoms with Crippen LogP contribution in [0.15, 0.2) is 15.4 Å². The molecule has 18 heavy (non-hydrogen) atoms. The molecule has 7 nitrogen and oxygen atoms in total. The SMILES string of the molecule is Cc1nnc(NS(=O)(=O)c2cc(CN)oc2C)s1. The molecule has 0 bridgehead atoms. The summed E-state index contributed by atoms with van der Waals surface area (Å²) in [5.41, 5.74) is 5.40. The molecule has 0 aromatic carbocycles. The maximum absolute atomic E-state index is 12.1. The maximum Gasteiger partial charge on any atom is 0.267 e. The third-order valence-electron chi connectivity index (χ3n) is 2.16. The number of aromatic nitrogens is 2. The largest absolute Gasteiger partial charge is 0.464 e. The van der Waals surface area contributed by atoms with Crippen LogP contribution in [0.4, 0.5) is 5.13 Å². The Hall–Kier alpha value is -1.45. The van der Waals surface area contributed by atoms with E-state index in [2.05, 4.69) is 14.9 Å². The molecule has 98 valence electrons. The summed E-state index contributed by atoms with van der Waals surface area (Å²) in [5.74, 6) is 0.713. The summed E-state index contributed by atoms with van der Waals surface area (Å²) in [6, 6.07) is 1.41. The molecule has 2 aromatic heterocycles. The second kappa shape index (κ2) is 4.67. The average molecular weight is 288 g/mol. The van der Waals surface area contributed by atoms with Crippen LogP contribution in [0.2, 0.25) is 0 Å². The van der Waals surface area contributed by atoms with Gasteiger partial charge in [0.2, 0.25) is 5.13 Å². The first-order valence-electron chi connectivity index (χ1n) is 5.04. The van der Waals surface area contributed by atoms with Crippen LogP contribution in [0.3, 0.4) is 0 Å². The third kappa shape index (κ3) is 2.52. The van der Waals surface area contributed by atoms with Crippen molar-refractivity contribution in [3.05, 3.63) is 22.6 Å². The van der Waals surface area contributed by atoms with E-state index in [9.17, 15) is 8.42 Å². The number of rotatable bonds is 4. The Labute approximate surface area is 108 Å². The second-order valence-electron chi connectivity index (χ2n) is 3.57. The molecule has 2 rings (SSSR count). The van der Waals surface area contributed by atoms with Crippen molar-refractivity contribution in [3.8, 4) is 0 Å². The lowest BCUT2D eigenvalue weighted by Crippen LogP contribution is -2.13. The molecular formula is C9H12N4O3S2. The minimum Gasteiger partial charge on any atom is -0.464 e. The Kier molecular flexibility index (Phi) is 3.37. The van der Waals surface area contributed by atoms with Gasteiger partial charge in [0.05, 0.1) is 6.54 Å². The number of nitrogens with two attached hydrogens (primary N) is 1. The standard InChI is InChI=1S/C9H12N4O3S2/c1-5-8(3-7(4-10)16-5)18(14,15)13-9-12-11-6(2)17-9/h3H,4,10H2,1-2H3,(H,12,13). The van der Waals surface area contributed by atoms with Gasteiger partial charge in [0.1, 0.15) is 21.4 Å². The molecule has 0 aliphatic rings. The zero-order valence-corrected chi connectivity index (χ0v) is 11.4. The van der Waals surface area contributed by atoms with E-state index in [1.807, 2.05) is 0 Å². The molecular weight excluding hydrogens is 276 g/mol. The fourth-order valence-corrected chi connectivity index (χ4v) is 3.43. The zero-order valence-electron chi connectivity index (χ0n) is 9.80. The van der Waals surface area contributed by atoms with Crippen LogP contribution in [0.25, 0.3) is 0 Å². The van der Waals surface area contributed by atoms with Crippen LogP contribution in [0.5, 0.6) is 0 Å². The number of hydrogen-bond acceptors (Lipinski definition) is 7. The lowest BCUT2D eigenvalue weighted by Gasteiger charge is -2.01. The number of nitrogens with one attached hydrogen (secondary N) is 1. The molecule has 0 atom stereocenters. The topological polar surface area (TPSA) is 111 Å². The van der Waals surface area contributed by atoms with E-state index in [-0.39, 0.29) is 16.6 Å². The Morgan fingerprint density at radius 1 is 1.44 bits per heavy atom. The van der Waals surface area contributed by atoms with Crippen molar-refractivity contribution in [1.82, 2.24) is 10.2 Å². The van der Waals surface area contributed by atoms with Gasteiger partial charge >= 0.3 is 0 Å². The fourth-order valence-electron chi connectivity index (χ4n) is 1.40. The highest BCUT2D eigenvalue weighted by molar-refractivity contribution is 7.93. The molecule has 0 amide bonds. The summed E-state index contributed by atoms with van der Waals surface area (Å²) in [6.45, 7) is 3.46. The molecule has 0 aliphatic heterocycles. The van der Waals surface area contributed by atoms with Gasteiger partial charge in [0.25, 0.3) is 10.0 Å². The number of anilines is 1. The molecule has 2 aromatic rings. The van der Waals surface area contributed by atoms with Gasteiger partial charge in [-0.3, -0.25) is 4.72 Å². The van der Waals surface area contributed by atoms with Crippen molar-refractivity contribution in [3.63, 3.8) is 0 Å². The van der Waals surface area contributed by atoms with E-state index in [1.165, 1.54) is 6.07 Å². The summed E-state index contributed by atoms with van der Waals surface area (Å²) < 4.78 is 31.7. The van der Waals surface area contributed by atoms with Gasteiger partial charge in [-0.1, -0.05) is 11.3 Å². The van der Waals surface area contributed by atoms with Crippen LogP contribution < -0.4 is 10.5 Å². The van der Waals surface area contributed by atoms with Gasteiger partial charge in [-0.15, -0.1) is 10.2 Å². The molecule has 0 fully saturated rings. The Morgan fingerprint density at radius 3 is 2.67 bits per heavy atom. The molecule has 0 saturated heterocycles. The molecule has 0 spiro atoms. The van der Waals surface area contributed by atoms with E-state index in [0.29, 0.717) is 16.5 Å². The summed E-state index contributed by atoms with van der Waals surface area (Å²) >= 11 is 1.16. The van der Waals surface area contributed by atoms with Gasteiger partial charge in [-0.05, 0) is 13.8 Å². The molecule has 0 aliphatic carbocycles. The number of furan rings is 1. The van der Waals surface area contributed by atoms with Crippen molar-refractivity contribution in [2.45, 2.75) is 25.3 Å². The van der Waals surface area contributed by atoms with Crippen molar-refractivity contribution < 1.29 is 12.8 Å². The Bertz CT molecular complexity index is 659. The van der Waals surface area contributed by atoms with Gasteiger partial charge in [0.15, 0.2) is 0 Å². The second-order valence-corrected chi connectivity index (χ2v) is 6.40. The molecule has 3 N–H and O–H groups in total. The van der Waals surface area contributed by atoms with Crippen molar-refractivity contribution >= 4 is 26.5 Å². The van der Waals surface area contributed by atoms with Gasteiger partial charge in [0, 0.05) is 6.07 Å². The highest BCUT2D eigenvalue weighted by Gasteiger charge is 2.22. The molecule has 0 unspecified atom stereocenters. The van der Waals surface area contributed by atoms with Crippen molar-refractivity contribution in [2.24, 2.45) is 5.73 Å². The predicted octanol–water partition coefficient (Wildman–Crippen LogP) is 1.01. The molecule has 0 radical (unpaired) electrons. The first-order valence-corrected chi connectivity index (χ1v) is 7.34. The van der Waals surface area contributed by atoms with E-state index in [0.717, 1.165) is 11.3 Å². The number of hydrogen-bond donors (Lipinski definition) is 2. The van der Waals surface area contributed by atoms with Crippen LogP contribution in [0, 0.1) is 13.8 Å². The third-order valence-corrected chi connectivity index (χ3v) is 4.49. The first kappa shape index (κ1) is 13.0.